The molecule has 6 heteroatoms. The Bertz CT molecular complexity index is 548. The molecule has 0 bridgehead atoms. The molecule has 3 heterocycles. The third kappa shape index (κ3) is 1.89. The van der Waals surface area contributed by atoms with E-state index in [1.54, 1.807) is 10.9 Å². The van der Waals surface area contributed by atoms with Crippen LogP contribution < -0.4 is 0 Å². The topological polar surface area (TPSA) is 52.8 Å². The highest BCUT2D eigenvalue weighted by molar-refractivity contribution is 6.33. The standard InChI is InChI=1S/C11H13ClN4O/c1-7-6-13-11-9(14-7)10(12)15-16(11)8-4-2-3-5-17-8/h6,8H,2-5H2,1H3/t8-/m0/s1. The Hall–Kier alpha value is -1.20. The summed E-state index contributed by atoms with van der Waals surface area (Å²) in [7, 11) is 0. The van der Waals surface area contributed by atoms with Gasteiger partial charge < -0.3 is 4.74 Å². The van der Waals surface area contributed by atoms with Gasteiger partial charge in [-0.25, -0.2) is 14.6 Å². The fourth-order valence-corrected chi connectivity index (χ4v) is 2.29. The molecule has 1 fully saturated rings. The van der Waals surface area contributed by atoms with Crippen molar-refractivity contribution in [1.29, 1.82) is 0 Å². The maximum Gasteiger partial charge on any atom is 0.180 e. The Morgan fingerprint density at radius 3 is 3.12 bits per heavy atom. The summed E-state index contributed by atoms with van der Waals surface area (Å²) in [6.45, 7) is 2.65. The van der Waals surface area contributed by atoms with E-state index < -0.39 is 0 Å². The predicted octanol–water partition coefficient (Wildman–Crippen LogP) is 2.49. The van der Waals surface area contributed by atoms with Gasteiger partial charge in [-0.1, -0.05) is 11.6 Å². The van der Waals surface area contributed by atoms with Crippen molar-refractivity contribution in [3.05, 3.63) is 17.0 Å². The summed E-state index contributed by atoms with van der Waals surface area (Å²) in [5.74, 6) is 0. The molecular formula is C11H13ClN4O. The summed E-state index contributed by atoms with van der Waals surface area (Å²) in [6.07, 6.45) is 4.86. The molecule has 3 rings (SSSR count). The molecule has 2 aromatic rings. The van der Waals surface area contributed by atoms with Crippen LogP contribution in [0, 0.1) is 6.92 Å². The van der Waals surface area contributed by atoms with E-state index in [0.717, 1.165) is 31.6 Å². The van der Waals surface area contributed by atoms with E-state index in [1.165, 1.54) is 0 Å². The summed E-state index contributed by atoms with van der Waals surface area (Å²) < 4.78 is 7.44. The fraction of sp³-hybridized carbons (Fsp3) is 0.545. The van der Waals surface area contributed by atoms with Crippen molar-refractivity contribution in [2.24, 2.45) is 0 Å². The van der Waals surface area contributed by atoms with Gasteiger partial charge in [-0.15, -0.1) is 0 Å². The molecular weight excluding hydrogens is 240 g/mol. The van der Waals surface area contributed by atoms with Crippen LogP contribution in [0.15, 0.2) is 6.20 Å². The lowest BCUT2D eigenvalue weighted by molar-refractivity contribution is -0.0369. The van der Waals surface area contributed by atoms with Crippen LogP contribution in [0.4, 0.5) is 0 Å². The van der Waals surface area contributed by atoms with Crippen LogP contribution in [0.5, 0.6) is 0 Å². The van der Waals surface area contributed by atoms with Crippen molar-refractivity contribution in [3.8, 4) is 0 Å². The van der Waals surface area contributed by atoms with Gasteiger partial charge in [-0.3, -0.25) is 0 Å². The average Bonchev–Trinajstić information content (AvgIpc) is 2.68. The Morgan fingerprint density at radius 2 is 2.35 bits per heavy atom. The molecule has 1 aliphatic rings. The molecule has 1 saturated heterocycles. The Kier molecular flexibility index (Phi) is 2.72. The lowest BCUT2D eigenvalue weighted by atomic mass is 10.2. The average molecular weight is 253 g/mol. The summed E-state index contributed by atoms with van der Waals surface area (Å²) in [6, 6.07) is 0. The zero-order valence-corrected chi connectivity index (χ0v) is 10.3. The maximum absolute atomic E-state index is 6.08. The number of halogens is 1. The van der Waals surface area contributed by atoms with Crippen molar-refractivity contribution in [2.75, 3.05) is 6.61 Å². The summed E-state index contributed by atoms with van der Waals surface area (Å²) in [5.41, 5.74) is 2.19. The molecule has 2 aromatic heterocycles. The first-order valence-electron chi connectivity index (χ1n) is 5.74. The summed E-state index contributed by atoms with van der Waals surface area (Å²) in [4.78, 5) is 8.71. The van der Waals surface area contributed by atoms with Crippen LogP contribution in [0.1, 0.15) is 31.2 Å². The van der Waals surface area contributed by atoms with E-state index in [1.807, 2.05) is 6.92 Å². The van der Waals surface area contributed by atoms with E-state index in [4.69, 9.17) is 16.3 Å². The molecule has 0 radical (unpaired) electrons. The molecule has 0 amide bonds. The molecule has 0 unspecified atom stereocenters. The Labute approximate surface area is 104 Å². The van der Waals surface area contributed by atoms with Gasteiger partial charge in [0, 0.05) is 6.61 Å². The van der Waals surface area contributed by atoms with Crippen molar-refractivity contribution in [3.63, 3.8) is 0 Å². The number of hydrogen-bond acceptors (Lipinski definition) is 4. The second-order valence-corrected chi connectivity index (χ2v) is 4.60. The number of fused-ring (bicyclic) bond motifs is 1. The Balaban J connectivity index is 2.10. The van der Waals surface area contributed by atoms with Crippen LogP contribution in [-0.4, -0.2) is 26.4 Å². The van der Waals surface area contributed by atoms with E-state index in [-0.39, 0.29) is 6.23 Å². The molecule has 0 spiro atoms. The second-order valence-electron chi connectivity index (χ2n) is 4.24. The first-order valence-corrected chi connectivity index (χ1v) is 6.12. The van der Waals surface area contributed by atoms with Gasteiger partial charge in [-0.05, 0) is 26.2 Å². The van der Waals surface area contributed by atoms with Crippen LogP contribution in [-0.2, 0) is 4.74 Å². The molecule has 90 valence electrons. The van der Waals surface area contributed by atoms with Gasteiger partial charge in [0.25, 0.3) is 0 Å². The second kappa shape index (κ2) is 4.23. The first kappa shape index (κ1) is 10.9. The smallest absolute Gasteiger partial charge is 0.180 e. The highest BCUT2D eigenvalue weighted by Crippen LogP contribution is 2.27. The molecule has 1 aliphatic heterocycles. The lowest BCUT2D eigenvalue weighted by Gasteiger charge is -2.22. The first-order chi connectivity index (χ1) is 8.25. The Morgan fingerprint density at radius 1 is 1.47 bits per heavy atom. The van der Waals surface area contributed by atoms with Gasteiger partial charge in [-0.2, -0.15) is 5.10 Å². The summed E-state index contributed by atoms with van der Waals surface area (Å²) >= 11 is 6.08. The van der Waals surface area contributed by atoms with Gasteiger partial charge in [0.1, 0.15) is 5.52 Å². The van der Waals surface area contributed by atoms with E-state index in [0.29, 0.717) is 16.3 Å². The van der Waals surface area contributed by atoms with E-state index in [2.05, 4.69) is 15.1 Å². The van der Waals surface area contributed by atoms with Gasteiger partial charge in [0.05, 0.1) is 11.9 Å². The predicted molar refractivity (Wildman–Crippen MR) is 63.9 cm³/mol. The fourth-order valence-electron chi connectivity index (χ4n) is 2.08. The minimum atomic E-state index is -0.0595. The van der Waals surface area contributed by atoms with Crippen molar-refractivity contribution < 1.29 is 4.74 Å². The van der Waals surface area contributed by atoms with Crippen LogP contribution in [0.25, 0.3) is 11.2 Å². The van der Waals surface area contributed by atoms with Crippen molar-refractivity contribution in [1.82, 2.24) is 19.7 Å². The zero-order valence-electron chi connectivity index (χ0n) is 9.56. The number of ether oxygens (including phenoxy) is 1. The molecule has 17 heavy (non-hydrogen) atoms. The monoisotopic (exact) mass is 252 g/mol. The third-order valence-corrected chi connectivity index (χ3v) is 3.16. The molecule has 0 aromatic carbocycles. The van der Waals surface area contributed by atoms with Crippen molar-refractivity contribution >= 4 is 22.8 Å². The molecule has 0 saturated carbocycles. The van der Waals surface area contributed by atoms with E-state index in [9.17, 15) is 0 Å². The number of hydrogen-bond donors (Lipinski definition) is 0. The summed E-state index contributed by atoms with van der Waals surface area (Å²) in [5, 5.41) is 4.68. The number of aryl methyl sites for hydroxylation is 1. The van der Waals surface area contributed by atoms with Crippen LogP contribution in [0.2, 0.25) is 5.15 Å². The van der Waals surface area contributed by atoms with Gasteiger partial charge in [0.2, 0.25) is 0 Å². The minimum Gasteiger partial charge on any atom is -0.356 e. The highest BCUT2D eigenvalue weighted by atomic mass is 35.5. The minimum absolute atomic E-state index is 0.0595. The van der Waals surface area contributed by atoms with Crippen molar-refractivity contribution in [2.45, 2.75) is 32.4 Å². The normalized spacial score (nSPS) is 20.9. The lowest BCUT2D eigenvalue weighted by Crippen LogP contribution is -2.19. The highest BCUT2D eigenvalue weighted by Gasteiger charge is 2.21. The SMILES string of the molecule is Cc1cnc2c(n1)c(Cl)nn2[C@@H]1CCCCO1. The van der Waals surface area contributed by atoms with Crippen LogP contribution >= 0.6 is 11.6 Å². The molecule has 5 nitrogen and oxygen atoms in total. The van der Waals surface area contributed by atoms with Crippen LogP contribution in [0.3, 0.4) is 0 Å². The number of aromatic nitrogens is 4. The molecule has 0 N–H and O–H groups in total. The van der Waals surface area contributed by atoms with E-state index >= 15 is 0 Å². The molecule has 1 atom stereocenters. The zero-order chi connectivity index (χ0) is 11.8. The van der Waals surface area contributed by atoms with Gasteiger partial charge >= 0.3 is 0 Å². The van der Waals surface area contributed by atoms with Gasteiger partial charge in [0.15, 0.2) is 17.0 Å². The number of nitrogens with zero attached hydrogens (tertiary/aromatic N) is 4. The largest absolute Gasteiger partial charge is 0.356 e. The number of rotatable bonds is 1. The maximum atomic E-state index is 6.08. The third-order valence-electron chi connectivity index (χ3n) is 2.91. The quantitative estimate of drug-likeness (QED) is 0.783. The molecule has 0 aliphatic carbocycles.